The van der Waals surface area contributed by atoms with Crippen molar-refractivity contribution in [2.45, 2.75) is 11.9 Å². The second-order valence-electron chi connectivity index (χ2n) is 5.01. The molecule has 0 bridgehead atoms. The van der Waals surface area contributed by atoms with E-state index in [2.05, 4.69) is 5.32 Å². The maximum absolute atomic E-state index is 13.7. The number of thioether (sulfide) groups is 1. The molecule has 0 spiro atoms. The van der Waals surface area contributed by atoms with E-state index in [1.54, 1.807) is 24.3 Å². The molecule has 2 aromatic rings. The van der Waals surface area contributed by atoms with Gasteiger partial charge in [0.2, 0.25) is 0 Å². The highest BCUT2D eigenvalue weighted by Gasteiger charge is 2.30. The van der Waals surface area contributed by atoms with Crippen molar-refractivity contribution in [1.29, 1.82) is 10.5 Å². The van der Waals surface area contributed by atoms with Crippen molar-refractivity contribution >= 4 is 17.4 Å². The highest BCUT2D eigenvalue weighted by molar-refractivity contribution is 8.02. The molecule has 0 aliphatic heterocycles. The Morgan fingerprint density at radius 1 is 1.04 bits per heavy atom. The molecule has 0 heterocycles. The third-order valence-electron chi connectivity index (χ3n) is 3.23. The SMILES string of the molecule is N#CC(C#N)=C(Nc1cccc(C(F)(F)F)c1)SCc1ccccc1F. The smallest absolute Gasteiger partial charge is 0.349 e. The molecule has 0 fully saturated rings. The molecule has 0 aromatic heterocycles. The standard InChI is InChI=1S/C18H11F4N3S/c19-16-7-2-1-4-12(16)11-26-17(13(9-23)10-24)25-15-6-3-5-14(8-15)18(20,21)22/h1-8,25H,11H2. The summed E-state index contributed by atoms with van der Waals surface area (Å²) in [6.07, 6.45) is -4.52. The second kappa shape index (κ2) is 8.41. The van der Waals surface area contributed by atoms with Gasteiger partial charge in [0.05, 0.1) is 5.56 Å². The average Bonchev–Trinajstić information content (AvgIpc) is 2.61. The van der Waals surface area contributed by atoms with E-state index in [0.29, 0.717) is 5.56 Å². The second-order valence-corrected chi connectivity index (χ2v) is 6.00. The number of nitrogens with one attached hydrogen (secondary N) is 1. The molecule has 0 saturated heterocycles. The van der Waals surface area contributed by atoms with Crippen LogP contribution in [0.5, 0.6) is 0 Å². The number of nitrogens with zero attached hydrogens (tertiary/aromatic N) is 2. The van der Waals surface area contributed by atoms with Gasteiger partial charge in [0.25, 0.3) is 0 Å². The molecule has 0 radical (unpaired) electrons. The van der Waals surface area contributed by atoms with E-state index in [-0.39, 0.29) is 22.0 Å². The normalized spacial score (nSPS) is 10.5. The number of hydrogen-bond donors (Lipinski definition) is 1. The van der Waals surface area contributed by atoms with E-state index in [0.717, 1.165) is 23.9 Å². The Labute approximate surface area is 151 Å². The number of halogens is 4. The number of nitriles is 2. The van der Waals surface area contributed by atoms with E-state index in [1.807, 2.05) is 0 Å². The minimum absolute atomic E-state index is 0.0533. The predicted octanol–water partition coefficient (Wildman–Crippen LogP) is 5.45. The summed E-state index contributed by atoms with van der Waals surface area (Å²) in [6, 6.07) is 13.7. The summed E-state index contributed by atoms with van der Waals surface area (Å²) >= 11 is 0.957. The minimum atomic E-state index is -4.52. The molecule has 0 atom stereocenters. The van der Waals surface area contributed by atoms with Gasteiger partial charge in [0, 0.05) is 11.4 Å². The van der Waals surface area contributed by atoms with Gasteiger partial charge >= 0.3 is 6.18 Å². The number of alkyl halides is 3. The molecule has 0 amide bonds. The monoisotopic (exact) mass is 377 g/mol. The van der Waals surface area contributed by atoms with E-state index < -0.39 is 17.6 Å². The number of allylic oxidation sites excluding steroid dienone is 1. The topological polar surface area (TPSA) is 59.6 Å². The Morgan fingerprint density at radius 2 is 1.73 bits per heavy atom. The van der Waals surface area contributed by atoms with Crippen LogP contribution >= 0.6 is 11.8 Å². The first kappa shape index (κ1) is 19.4. The quantitative estimate of drug-likeness (QED) is 0.556. The van der Waals surface area contributed by atoms with Gasteiger partial charge < -0.3 is 5.32 Å². The van der Waals surface area contributed by atoms with Crippen molar-refractivity contribution in [1.82, 2.24) is 0 Å². The van der Waals surface area contributed by atoms with Crippen molar-refractivity contribution in [3.05, 3.63) is 76.1 Å². The molecule has 0 unspecified atom stereocenters. The third kappa shape index (κ3) is 5.01. The van der Waals surface area contributed by atoms with E-state index in [4.69, 9.17) is 10.5 Å². The van der Waals surface area contributed by atoms with Crippen LogP contribution in [-0.2, 0) is 11.9 Å². The Morgan fingerprint density at radius 3 is 2.35 bits per heavy atom. The van der Waals surface area contributed by atoms with Crippen LogP contribution in [0.4, 0.5) is 23.2 Å². The zero-order valence-corrected chi connectivity index (χ0v) is 14.0. The summed E-state index contributed by atoms with van der Waals surface area (Å²) in [5.41, 5.74) is -0.755. The fraction of sp³-hybridized carbons (Fsp3) is 0.111. The highest BCUT2D eigenvalue weighted by Crippen LogP contribution is 2.32. The van der Waals surface area contributed by atoms with Crippen molar-refractivity contribution in [3.8, 4) is 12.1 Å². The van der Waals surface area contributed by atoms with Gasteiger partial charge in [-0.2, -0.15) is 23.7 Å². The van der Waals surface area contributed by atoms with Gasteiger partial charge in [0.1, 0.15) is 23.0 Å². The lowest BCUT2D eigenvalue weighted by atomic mass is 10.2. The largest absolute Gasteiger partial charge is 0.416 e. The van der Waals surface area contributed by atoms with E-state index in [1.165, 1.54) is 24.3 Å². The minimum Gasteiger partial charge on any atom is -0.349 e. The highest BCUT2D eigenvalue weighted by atomic mass is 32.2. The molecule has 132 valence electrons. The van der Waals surface area contributed by atoms with Crippen LogP contribution in [0.1, 0.15) is 11.1 Å². The maximum atomic E-state index is 13.7. The molecule has 0 aliphatic rings. The fourth-order valence-electron chi connectivity index (χ4n) is 1.97. The number of benzene rings is 2. The van der Waals surface area contributed by atoms with Crippen molar-refractivity contribution < 1.29 is 17.6 Å². The first-order valence-electron chi connectivity index (χ1n) is 7.20. The predicted molar refractivity (Wildman–Crippen MR) is 91.0 cm³/mol. The number of anilines is 1. The van der Waals surface area contributed by atoms with Crippen LogP contribution in [0.2, 0.25) is 0 Å². The van der Waals surface area contributed by atoms with Gasteiger partial charge in [-0.25, -0.2) is 4.39 Å². The summed E-state index contributed by atoms with van der Waals surface area (Å²) in [4.78, 5) is 0. The number of hydrogen-bond acceptors (Lipinski definition) is 4. The summed E-state index contributed by atoms with van der Waals surface area (Å²) in [5, 5.41) is 20.9. The Hall–Kier alpha value is -2.97. The summed E-state index contributed by atoms with van der Waals surface area (Å²) in [5.74, 6) is -0.352. The van der Waals surface area contributed by atoms with Crippen LogP contribution in [0, 0.1) is 28.5 Å². The molecule has 8 heteroatoms. The molecule has 3 nitrogen and oxygen atoms in total. The molecule has 0 aliphatic carbocycles. The summed E-state index contributed by atoms with van der Waals surface area (Å²) in [6.45, 7) is 0. The first-order valence-corrected chi connectivity index (χ1v) is 8.18. The lowest BCUT2D eigenvalue weighted by Crippen LogP contribution is -2.06. The summed E-state index contributed by atoms with van der Waals surface area (Å²) < 4.78 is 52.2. The molecule has 2 rings (SSSR count). The Balaban J connectivity index is 2.28. The van der Waals surface area contributed by atoms with Crippen LogP contribution < -0.4 is 5.32 Å². The summed E-state index contributed by atoms with van der Waals surface area (Å²) in [7, 11) is 0. The fourth-order valence-corrected chi connectivity index (χ4v) is 2.93. The maximum Gasteiger partial charge on any atom is 0.416 e. The van der Waals surface area contributed by atoms with Gasteiger partial charge in [0.15, 0.2) is 5.57 Å². The molecular weight excluding hydrogens is 366 g/mol. The van der Waals surface area contributed by atoms with Gasteiger partial charge in [-0.05, 0) is 29.8 Å². The van der Waals surface area contributed by atoms with Crippen molar-refractivity contribution in [2.24, 2.45) is 0 Å². The van der Waals surface area contributed by atoms with Gasteiger partial charge in [-0.3, -0.25) is 0 Å². The first-order chi connectivity index (χ1) is 12.3. The third-order valence-corrected chi connectivity index (χ3v) is 4.28. The molecular formula is C18H11F4N3S. The molecule has 26 heavy (non-hydrogen) atoms. The zero-order chi connectivity index (χ0) is 19.2. The zero-order valence-electron chi connectivity index (χ0n) is 13.1. The molecule has 0 saturated carbocycles. The molecule has 2 aromatic carbocycles. The lowest BCUT2D eigenvalue weighted by Gasteiger charge is -2.13. The lowest BCUT2D eigenvalue weighted by molar-refractivity contribution is -0.137. The average molecular weight is 377 g/mol. The van der Waals surface area contributed by atoms with E-state index >= 15 is 0 Å². The van der Waals surface area contributed by atoms with Crippen LogP contribution in [0.3, 0.4) is 0 Å². The van der Waals surface area contributed by atoms with Crippen molar-refractivity contribution in [3.63, 3.8) is 0 Å². The molecule has 1 N–H and O–H groups in total. The van der Waals surface area contributed by atoms with Gasteiger partial charge in [-0.1, -0.05) is 24.3 Å². The van der Waals surface area contributed by atoms with E-state index in [9.17, 15) is 17.6 Å². The van der Waals surface area contributed by atoms with Gasteiger partial charge in [-0.15, -0.1) is 11.8 Å². The van der Waals surface area contributed by atoms with Crippen LogP contribution in [-0.4, -0.2) is 0 Å². The van der Waals surface area contributed by atoms with Crippen molar-refractivity contribution in [2.75, 3.05) is 5.32 Å². The van der Waals surface area contributed by atoms with Crippen LogP contribution in [0.25, 0.3) is 0 Å². The Bertz CT molecular complexity index is 892. The number of rotatable bonds is 5. The van der Waals surface area contributed by atoms with Crippen LogP contribution in [0.15, 0.2) is 59.1 Å². The Kier molecular flexibility index (Phi) is 6.26.